The molecule has 2 aromatic heterocycles. The van der Waals surface area contributed by atoms with Crippen LogP contribution in [0.25, 0.3) is 22.4 Å². The molecular formula is C15H11FN4O. The lowest BCUT2D eigenvalue weighted by Crippen LogP contribution is -2.04. The molecule has 0 aliphatic carbocycles. The Labute approximate surface area is 119 Å². The fourth-order valence-electron chi connectivity index (χ4n) is 2.07. The van der Waals surface area contributed by atoms with E-state index in [1.54, 1.807) is 18.2 Å². The van der Waals surface area contributed by atoms with Gasteiger partial charge in [-0.15, -0.1) is 0 Å². The quantitative estimate of drug-likeness (QED) is 0.754. The number of nitrogens with one attached hydrogen (secondary N) is 1. The maximum atomic E-state index is 13.4. The summed E-state index contributed by atoms with van der Waals surface area (Å²) in [6.45, 7) is 0. The Bertz CT molecular complexity index is 860. The van der Waals surface area contributed by atoms with Crippen molar-refractivity contribution >= 4 is 5.95 Å². The van der Waals surface area contributed by atoms with Gasteiger partial charge in [-0.05, 0) is 23.8 Å². The fraction of sp³-hybridized carbons (Fsp3) is 0. The first-order valence-corrected chi connectivity index (χ1v) is 6.21. The standard InChI is InChI=1S/C15H11FN4O/c16-11-3-1-2-10(6-11)14-12(8-19-15(17)20-14)9-4-5-18-13(21)7-9/h1-8H,(H,18,21)(H2,17,19,20). The van der Waals surface area contributed by atoms with Crippen molar-refractivity contribution in [3.05, 3.63) is 65.0 Å². The van der Waals surface area contributed by atoms with Crippen LogP contribution < -0.4 is 11.3 Å². The van der Waals surface area contributed by atoms with E-state index in [1.165, 1.54) is 30.6 Å². The summed E-state index contributed by atoms with van der Waals surface area (Å²) in [6, 6.07) is 9.17. The molecule has 3 rings (SSSR count). The van der Waals surface area contributed by atoms with Crippen LogP contribution in [0, 0.1) is 5.82 Å². The molecule has 0 unspecified atom stereocenters. The molecule has 3 N–H and O–H groups in total. The normalized spacial score (nSPS) is 10.5. The molecular weight excluding hydrogens is 271 g/mol. The number of hydrogen-bond acceptors (Lipinski definition) is 4. The van der Waals surface area contributed by atoms with E-state index in [1.807, 2.05) is 0 Å². The van der Waals surface area contributed by atoms with Gasteiger partial charge < -0.3 is 10.7 Å². The molecule has 0 aliphatic heterocycles. The number of anilines is 1. The van der Waals surface area contributed by atoms with E-state index in [4.69, 9.17) is 5.73 Å². The summed E-state index contributed by atoms with van der Waals surface area (Å²) >= 11 is 0. The smallest absolute Gasteiger partial charge is 0.248 e. The Morgan fingerprint density at radius 3 is 2.76 bits per heavy atom. The van der Waals surface area contributed by atoms with Gasteiger partial charge in [-0.3, -0.25) is 4.79 Å². The highest BCUT2D eigenvalue weighted by molar-refractivity contribution is 5.80. The number of rotatable bonds is 2. The maximum absolute atomic E-state index is 13.4. The topological polar surface area (TPSA) is 84.7 Å². The molecule has 0 atom stereocenters. The molecule has 0 amide bonds. The summed E-state index contributed by atoms with van der Waals surface area (Å²) in [7, 11) is 0. The van der Waals surface area contributed by atoms with Gasteiger partial charge in [0.15, 0.2) is 0 Å². The van der Waals surface area contributed by atoms with E-state index >= 15 is 0 Å². The molecule has 1 aromatic carbocycles. The Morgan fingerprint density at radius 1 is 1.14 bits per heavy atom. The highest BCUT2D eigenvalue weighted by Gasteiger charge is 2.11. The van der Waals surface area contributed by atoms with Crippen LogP contribution in [0.4, 0.5) is 10.3 Å². The van der Waals surface area contributed by atoms with Gasteiger partial charge in [0.2, 0.25) is 11.5 Å². The van der Waals surface area contributed by atoms with Gasteiger partial charge in [0, 0.05) is 29.6 Å². The highest BCUT2D eigenvalue weighted by atomic mass is 19.1. The van der Waals surface area contributed by atoms with E-state index in [0.717, 1.165) is 0 Å². The maximum Gasteiger partial charge on any atom is 0.248 e. The second kappa shape index (κ2) is 5.16. The Morgan fingerprint density at radius 2 is 2.00 bits per heavy atom. The zero-order valence-corrected chi connectivity index (χ0v) is 10.9. The second-order valence-electron chi connectivity index (χ2n) is 4.44. The van der Waals surface area contributed by atoms with Crippen molar-refractivity contribution in [3.8, 4) is 22.4 Å². The summed E-state index contributed by atoms with van der Waals surface area (Å²) in [5, 5.41) is 0. The number of hydrogen-bond donors (Lipinski definition) is 2. The molecule has 0 saturated carbocycles. The van der Waals surface area contributed by atoms with E-state index in [-0.39, 0.29) is 17.3 Å². The molecule has 5 nitrogen and oxygen atoms in total. The number of nitrogens with two attached hydrogens (primary N) is 1. The number of aromatic nitrogens is 3. The van der Waals surface area contributed by atoms with Gasteiger partial charge in [-0.1, -0.05) is 12.1 Å². The van der Waals surface area contributed by atoms with Crippen LogP contribution >= 0.6 is 0 Å². The minimum Gasteiger partial charge on any atom is -0.368 e. The first-order valence-electron chi connectivity index (χ1n) is 6.21. The molecule has 0 bridgehead atoms. The minimum atomic E-state index is -0.374. The Balaban J connectivity index is 2.25. The van der Waals surface area contributed by atoms with Crippen molar-refractivity contribution in [3.63, 3.8) is 0 Å². The number of H-pyrrole nitrogens is 1. The van der Waals surface area contributed by atoms with Gasteiger partial charge in [0.25, 0.3) is 0 Å². The van der Waals surface area contributed by atoms with Crippen molar-refractivity contribution in [2.45, 2.75) is 0 Å². The molecule has 3 aromatic rings. The van der Waals surface area contributed by atoms with Gasteiger partial charge in [0.1, 0.15) is 5.82 Å². The lowest BCUT2D eigenvalue weighted by atomic mass is 10.0. The van der Waals surface area contributed by atoms with Crippen molar-refractivity contribution in [2.24, 2.45) is 0 Å². The van der Waals surface area contributed by atoms with Crippen LogP contribution in [-0.4, -0.2) is 15.0 Å². The molecule has 0 aliphatic rings. The molecule has 104 valence electrons. The summed E-state index contributed by atoms with van der Waals surface area (Å²) in [5.74, 6) is -0.288. The van der Waals surface area contributed by atoms with Crippen LogP contribution in [0.2, 0.25) is 0 Å². The van der Waals surface area contributed by atoms with Gasteiger partial charge in [-0.25, -0.2) is 14.4 Å². The number of halogens is 1. The van der Waals surface area contributed by atoms with Crippen LogP contribution in [0.1, 0.15) is 0 Å². The lowest BCUT2D eigenvalue weighted by Gasteiger charge is -2.09. The highest BCUT2D eigenvalue weighted by Crippen LogP contribution is 2.29. The Hall–Kier alpha value is -3.02. The van der Waals surface area contributed by atoms with Crippen molar-refractivity contribution in [2.75, 3.05) is 5.73 Å². The number of benzene rings is 1. The van der Waals surface area contributed by atoms with Gasteiger partial charge >= 0.3 is 0 Å². The third-order valence-electron chi connectivity index (χ3n) is 2.99. The summed E-state index contributed by atoms with van der Waals surface area (Å²) in [5.41, 5.74) is 7.68. The zero-order chi connectivity index (χ0) is 14.8. The van der Waals surface area contributed by atoms with Crippen LogP contribution in [0.5, 0.6) is 0 Å². The van der Waals surface area contributed by atoms with Gasteiger partial charge in [-0.2, -0.15) is 0 Å². The number of nitrogens with zero attached hydrogens (tertiary/aromatic N) is 2. The first-order chi connectivity index (χ1) is 10.1. The zero-order valence-electron chi connectivity index (χ0n) is 10.9. The van der Waals surface area contributed by atoms with Crippen LogP contribution in [0.3, 0.4) is 0 Å². The van der Waals surface area contributed by atoms with E-state index in [9.17, 15) is 9.18 Å². The molecule has 0 spiro atoms. The molecule has 0 radical (unpaired) electrons. The summed E-state index contributed by atoms with van der Waals surface area (Å²) < 4.78 is 13.4. The lowest BCUT2D eigenvalue weighted by molar-refractivity contribution is 0.628. The Kier molecular flexibility index (Phi) is 3.19. The van der Waals surface area contributed by atoms with Crippen molar-refractivity contribution in [1.29, 1.82) is 0 Å². The third-order valence-corrected chi connectivity index (χ3v) is 2.99. The van der Waals surface area contributed by atoms with Crippen molar-refractivity contribution in [1.82, 2.24) is 15.0 Å². The molecule has 0 fully saturated rings. The average molecular weight is 282 g/mol. The van der Waals surface area contributed by atoms with Crippen LogP contribution in [-0.2, 0) is 0 Å². The minimum absolute atomic E-state index is 0.0860. The average Bonchev–Trinajstić information content (AvgIpc) is 2.47. The SMILES string of the molecule is Nc1ncc(-c2cc[nH]c(=O)c2)c(-c2cccc(F)c2)n1. The number of pyridine rings is 1. The fourth-order valence-corrected chi connectivity index (χ4v) is 2.07. The number of aromatic amines is 1. The molecule has 0 saturated heterocycles. The third kappa shape index (κ3) is 2.64. The van der Waals surface area contributed by atoms with Crippen LogP contribution in [0.15, 0.2) is 53.6 Å². The van der Waals surface area contributed by atoms with E-state index in [0.29, 0.717) is 22.4 Å². The van der Waals surface area contributed by atoms with Gasteiger partial charge in [0.05, 0.1) is 5.69 Å². The monoisotopic (exact) mass is 282 g/mol. The predicted octanol–water partition coefficient (Wildman–Crippen LogP) is 2.22. The van der Waals surface area contributed by atoms with E-state index < -0.39 is 0 Å². The first kappa shape index (κ1) is 13.0. The molecule has 2 heterocycles. The summed E-state index contributed by atoms with van der Waals surface area (Å²) in [6.07, 6.45) is 3.06. The largest absolute Gasteiger partial charge is 0.368 e. The second-order valence-corrected chi connectivity index (χ2v) is 4.44. The molecule has 6 heteroatoms. The molecule has 21 heavy (non-hydrogen) atoms. The van der Waals surface area contributed by atoms with E-state index in [2.05, 4.69) is 15.0 Å². The predicted molar refractivity (Wildman–Crippen MR) is 77.9 cm³/mol. The van der Waals surface area contributed by atoms with Crippen molar-refractivity contribution < 1.29 is 4.39 Å². The number of nitrogen functional groups attached to an aromatic ring is 1. The summed E-state index contributed by atoms with van der Waals surface area (Å²) in [4.78, 5) is 22.1.